The molecule has 2 aromatic rings. The van der Waals surface area contributed by atoms with Gasteiger partial charge >= 0.3 is 5.97 Å². The summed E-state index contributed by atoms with van der Waals surface area (Å²) in [7, 11) is 1.33. The van der Waals surface area contributed by atoms with E-state index in [1.165, 1.54) is 12.0 Å². The van der Waals surface area contributed by atoms with Crippen molar-refractivity contribution in [3.8, 4) is 0 Å². The van der Waals surface area contributed by atoms with Gasteiger partial charge in [0.25, 0.3) is 11.8 Å². The Morgan fingerprint density at radius 2 is 1.71 bits per heavy atom. The van der Waals surface area contributed by atoms with Crippen LogP contribution in [0.5, 0.6) is 0 Å². The molecule has 0 radical (unpaired) electrons. The number of para-hydroxylation sites is 1. The molecule has 1 fully saturated rings. The van der Waals surface area contributed by atoms with Gasteiger partial charge in [0, 0.05) is 18.5 Å². The van der Waals surface area contributed by atoms with Crippen molar-refractivity contribution in [3.05, 3.63) is 70.6 Å². The van der Waals surface area contributed by atoms with Crippen molar-refractivity contribution in [2.45, 2.75) is 19.4 Å². The van der Waals surface area contributed by atoms with E-state index in [2.05, 4.69) is 4.74 Å². The summed E-state index contributed by atoms with van der Waals surface area (Å²) in [5.41, 5.74) is 2.91. The molecule has 2 amide bonds. The average Bonchev–Trinajstić information content (AvgIpc) is 3.21. The number of fused-ring (bicyclic) bond motifs is 1. The fourth-order valence-corrected chi connectivity index (χ4v) is 5.03. The van der Waals surface area contributed by atoms with Crippen LogP contribution in [0.1, 0.15) is 24.0 Å². The largest absolute Gasteiger partial charge is 0.469 e. The second kappa shape index (κ2) is 9.03. The van der Waals surface area contributed by atoms with Crippen LogP contribution < -0.4 is 4.90 Å². The van der Waals surface area contributed by atoms with Gasteiger partial charge in [-0.2, -0.15) is 0 Å². The number of hydrogen-bond acceptors (Lipinski definition) is 6. The smallest absolute Gasteiger partial charge is 0.305 e. The molecule has 1 saturated heterocycles. The number of nitrogens with zero attached hydrogens (tertiary/aromatic N) is 2. The summed E-state index contributed by atoms with van der Waals surface area (Å²) in [4.78, 5) is 41.4. The van der Waals surface area contributed by atoms with Gasteiger partial charge in [0.15, 0.2) is 0 Å². The third-order valence-electron chi connectivity index (χ3n) is 5.17. The van der Waals surface area contributed by atoms with E-state index < -0.39 is 0 Å². The molecule has 2 heterocycles. The standard InChI is InChI=1S/C23H20N2O4S2/c1-29-18(26)12-7-13-24-22(28)20(31-23(24)30)19-16-10-5-6-11-17(16)25(21(19)27)14-15-8-3-2-4-9-15/h2-6,8-11H,7,12-14H2,1H3/b20-19-. The van der Waals surface area contributed by atoms with Gasteiger partial charge in [0.05, 0.1) is 29.8 Å². The summed E-state index contributed by atoms with van der Waals surface area (Å²) in [5, 5.41) is 0. The lowest BCUT2D eigenvalue weighted by Gasteiger charge is -2.17. The Kier molecular flexibility index (Phi) is 6.20. The number of esters is 1. The lowest BCUT2D eigenvalue weighted by Crippen LogP contribution is -2.30. The molecule has 0 atom stereocenters. The molecule has 2 aliphatic rings. The highest BCUT2D eigenvalue weighted by atomic mass is 32.2. The van der Waals surface area contributed by atoms with Crippen molar-refractivity contribution in [1.29, 1.82) is 0 Å². The zero-order chi connectivity index (χ0) is 22.0. The van der Waals surface area contributed by atoms with Crippen LogP contribution in [0.3, 0.4) is 0 Å². The number of benzene rings is 2. The summed E-state index contributed by atoms with van der Waals surface area (Å²) in [6, 6.07) is 17.2. The van der Waals surface area contributed by atoms with Crippen LogP contribution in [0.4, 0.5) is 5.69 Å². The Labute approximate surface area is 189 Å². The molecule has 158 valence electrons. The van der Waals surface area contributed by atoms with Crippen molar-refractivity contribution in [2.75, 3.05) is 18.6 Å². The Hall–Kier alpha value is -2.97. The average molecular weight is 453 g/mol. The van der Waals surface area contributed by atoms with Crippen molar-refractivity contribution in [3.63, 3.8) is 0 Å². The van der Waals surface area contributed by atoms with Gasteiger partial charge in [-0.25, -0.2) is 0 Å². The third-order valence-corrected chi connectivity index (χ3v) is 6.62. The van der Waals surface area contributed by atoms with Crippen molar-refractivity contribution in [1.82, 2.24) is 4.90 Å². The SMILES string of the molecule is COC(=O)CCCN1C(=O)/C(=C2/C(=O)N(Cc3ccccc3)c3ccccc32)SC1=S. The maximum absolute atomic E-state index is 13.4. The minimum atomic E-state index is -0.333. The fraction of sp³-hybridized carbons (Fsp3) is 0.217. The van der Waals surface area contributed by atoms with Crippen LogP contribution in [-0.4, -0.2) is 40.7 Å². The second-order valence-corrected chi connectivity index (χ2v) is 8.75. The van der Waals surface area contributed by atoms with Gasteiger partial charge in [0.2, 0.25) is 0 Å². The number of carbonyl (C=O) groups excluding carboxylic acids is 3. The summed E-state index contributed by atoms with van der Waals surface area (Å²) in [6.07, 6.45) is 0.637. The van der Waals surface area contributed by atoms with Gasteiger partial charge in [-0.1, -0.05) is 72.5 Å². The molecule has 2 aliphatic heterocycles. The number of methoxy groups -OCH3 is 1. The molecule has 6 nitrogen and oxygen atoms in total. The minimum absolute atomic E-state index is 0.200. The van der Waals surface area contributed by atoms with Crippen LogP contribution in [-0.2, 0) is 25.7 Å². The van der Waals surface area contributed by atoms with Crippen LogP contribution in [0, 0.1) is 0 Å². The number of carbonyl (C=O) groups is 3. The first-order valence-corrected chi connectivity index (χ1v) is 11.0. The first-order valence-electron chi connectivity index (χ1n) is 9.81. The van der Waals surface area contributed by atoms with E-state index in [9.17, 15) is 14.4 Å². The van der Waals surface area contributed by atoms with Crippen LogP contribution >= 0.6 is 24.0 Å². The summed E-state index contributed by atoms with van der Waals surface area (Å²) < 4.78 is 5.04. The number of anilines is 1. The van der Waals surface area contributed by atoms with Crippen molar-refractivity contribution in [2.24, 2.45) is 0 Å². The maximum atomic E-state index is 13.4. The minimum Gasteiger partial charge on any atom is -0.469 e. The molecule has 0 unspecified atom stereocenters. The zero-order valence-electron chi connectivity index (χ0n) is 16.9. The fourth-order valence-electron chi connectivity index (χ4n) is 3.65. The van der Waals surface area contributed by atoms with Crippen LogP contribution in [0.2, 0.25) is 0 Å². The topological polar surface area (TPSA) is 66.9 Å². The lowest BCUT2D eigenvalue weighted by molar-refractivity contribution is -0.141. The number of rotatable bonds is 6. The molecular weight excluding hydrogens is 432 g/mol. The van der Waals surface area contributed by atoms with E-state index in [1.807, 2.05) is 54.6 Å². The quantitative estimate of drug-likeness (QED) is 0.378. The molecule has 2 aromatic carbocycles. The van der Waals surface area contributed by atoms with E-state index in [-0.39, 0.29) is 24.2 Å². The molecule has 0 spiro atoms. The zero-order valence-corrected chi connectivity index (χ0v) is 18.5. The summed E-state index contributed by atoms with van der Waals surface area (Å²) >= 11 is 6.55. The Bertz CT molecular complexity index is 1100. The normalized spacial score (nSPS) is 18.0. The maximum Gasteiger partial charge on any atom is 0.305 e. The lowest BCUT2D eigenvalue weighted by atomic mass is 10.1. The molecule has 4 rings (SSSR count). The number of ether oxygens (including phenoxy) is 1. The number of amides is 2. The highest BCUT2D eigenvalue weighted by Crippen LogP contribution is 2.45. The van der Waals surface area contributed by atoms with E-state index >= 15 is 0 Å². The molecule has 8 heteroatoms. The van der Waals surface area contributed by atoms with Crippen molar-refractivity contribution < 1.29 is 19.1 Å². The third kappa shape index (κ3) is 4.13. The monoisotopic (exact) mass is 452 g/mol. The number of thioether (sulfide) groups is 1. The highest BCUT2D eigenvalue weighted by Gasteiger charge is 2.41. The van der Waals surface area contributed by atoms with E-state index in [0.29, 0.717) is 34.3 Å². The van der Waals surface area contributed by atoms with Gasteiger partial charge in [-0.15, -0.1) is 0 Å². The first-order chi connectivity index (χ1) is 15.0. The van der Waals surface area contributed by atoms with Gasteiger partial charge in [-0.05, 0) is 18.1 Å². The van der Waals surface area contributed by atoms with Crippen LogP contribution in [0.25, 0.3) is 5.57 Å². The molecule has 0 aliphatic carbocycles. The van der Waals surface area contributed by atoms with Gasteiger partial charge in [0.1, 0.15) is 4.32 Å². The Balaban J connectivity index is 1.64. The Morgan fingerprint density at radius 1 is 1.00 bits per heavy atom. The van der Waals surface area contributed by atoms with Crippen molar-refractivity contribution >= 4 is 57.3 Å². The van der Waals surface area contributed by atoms with E-state index in [0.717, 1.165) is 28.6 Å². The molecule has 0 saturated carbocycles. The predicted octanol–water partition coefficient (Wildman–Crippen LogP) is 3.76. The first kappa shape index (κ1) is 21.3. The predicted molar refractivity (Wildman–Crippen MR) is 124 cm³/mol. The van der Waals surface area contributed by atoms with E-state index in [4.69, 9.17) is 12.2 Å². The molecule has 0 N–H and O–H groups in total. The molecule has 31 heavy (non-hydrogen) atoms. The van der Waals surface area contributed by atoms with Gasteiger partial charge < -0.3 is 9.64 Å². The molecule has 0 bridgehead atoms. The number of hydrogen-bond donors (Lipinski definition) is 0. The molecule has 0 aromatic heterocycles. The second-order valence-electron chi connectivity index (χ2n) is 7.10. The Morgan fingerprint density at radius 3 is 2.45 bits per heavy atom. The highest BCUT2D eigenvalue weighted by molar-refractivity contribution is 8.26. The number of thiocarbonyl (C=S) groups is 1. The molecular formula is C23H20N2O4S2. The van der Waals surface area contributed by atoms with Crippen LogP contribution in [0.15, 0.2) is 59.5 Å². The van der Waals surface area contributed by atoms with E-state index in [1.54, 1.807) is 4.90 Å². The summed E-state index contributed by atoms with van der Waals surface area (Å²) in [6.45, 7) is 0.722. The van der Waals surface area contributed by atoms with Gasteiger partial charge in [-0.3, -0.25) is 19.3 Å². The summed E-state index contributed by atoms with van der Waals surface area (Å²) in [5.74, 6) is -0.833.